The molecule has 4 aromatic carbocycles. The van der Waals surface area contributed by atoms with Crippen molar-refractivity contribution >= 4 is 17.9 Å². The number of nitrogens with zero attached hydrogens (tertiary/aromatic N) is 2. The number of imide groups is 1. The Balaban J connectivity index is 1.22. The van der Waals surface area contributed by atoms with E-state index in [4.69, 9.17) is 9.47 Å². The average molecular weight is 634 g/mol. The second kappa shape index (κ2) is 17.1. The van der Waals surface area contributed by atoms with E-state index >= 15 is 0 Å². The largest absolute Gasteiger partial charge is 0.489 e. The third-order valence-electron chi connectivity index (χ3n) is 8.48. The first-order chi connectivity index (χ1) is 23.0. The van der Waals surface area contributed by atoms with Gasteiger partial charge >= 0.3 is 6.09 Å². The van der Waals surface area contributed by atoms with E-state index in [0.717, 1.165) is 49.0 Å². The standard InChI is InChI=1S/C39H43N3O5/c1-41(38(44)36-20-12-26-42(36)25-11-19-30-13-5-2-6-14-30)37(43)35(40-39(45)47-29-33-17-9-4-10-18-33)27-31-21-23-34(24-22-31)46-28-32-15-7-3-8-16-32/h2-10,13-18,21-24,35-36H,11-12,19-20,25-29H2,1H3,(H,40,45)/t35-,36-/m0/s1. The molecule has 1 N–H and O–H groups in total. The van der Waals surface area contributed by atoms with Crippen LogP contribution in [0.2, 0.25) is 0 Å². The second-order valence-electron chi connectivity index (χ2n) is 11.9. The molecule has 1 aliphatic heterocycles. The Morgan fingerprint density at radius 3 is 2.02 bits per heavy atom. The molecule has 8 heteroatoms. The van der Waals surface area contributed by atoms with Crippen LogP contribution in [0.1, 0.15) is 41.5 Å². The van der Waals surface area contributed by atoms with Gasteiger partial charge < -0.3 is 14.8 Å². The zero-order chi connectivity index (χ0) is 32.8. The quantitative estimate of drug-likeness (QED) is 0.178. The van der Waals surface area contributed by atoms with Gasteiger partial charge in [0.25, 0.3) is 5.91 Å². The van der Waals surface area contributed by atoms with E-state index in [2.05, 4.69) is 22.3 Å². The molecular formula is C39H43N3O5. The molecule has 47 heavy (non-hydrogen) atoms. The van der Waals surface area contributed by atoms with Gasteiger partial charge in [-0.2, -0.15) is 0 Å². The molecule has 1 aliphatic rings. The average Bonchev–Trinajstić information content (AvgIpc) is 3.59. The van der Waals surface area contributed by atoms with Crippen molar-refractivity contribution < 1.29 is 23.9 Å². The molecule has 2 atom stereocenters. The lowest BCUT2D eigenvalue weighted by atomic mass is 10.0. The molecule has 244 valence electrons. The number of nitrogens with one attached hydrogen (secondary N) is 1. The van der Waals surface area contributed by atoms with Gasteiger partial charge in [-0.25, -0.2) is 4.79 Å². The van der Waals surface area contributed by atoms with Crippen molar-refractivity contribution in [2.24, 2.45) is 0 Å². The van der Waals surface area contributed by atoms with Crippen LogP contribution in [0.4, 0.5) is 4.79 Å². The van der Waals surface area contributed by atoms with Gasteiger partial charge in [0, 0.05) is 13.5 Å². The summed E-state index contributed by atoms with van der Waals surface area (Å²) in [5, 5.41) is 2.74. The van der Waals surface area contributed by atoms with E-state index in [9.17, 15) is 14.4 Å². The molecule has 0 radical (unpaired) electrons. The summed E-state index contributed by atoms with van der Waals surface area (Å²) in [6.07, 6.45) is 2.91. The number of rotatable bonds is 14. The molecule has 8 nitrogen and oxygen atoms in total. The number of likely N-dealkylation sites (tertiary alicyclic amines) is 1. The number of alkyl carbamates (subject to hydrolysis) is 1. The molecule has 5 rings (SSSR count). The lowest BCUT2D eigenvalue weighted by Crippen LogP contribution is -2.54. The van der Waals surface area contributed by atoms with Crippen molar-refractivity contribution in [3.63, 3.8) is 0 Å². The maximum Gasteiger partial charge on any atom is 0.408 e. The van der Waals surface area contributed by atoms with E-state index in [-0.39, 0.29) is 25.0 Å². The lowest BCUT2D eigenvalue weighted by Gasteiger charge is -2.29. The SMILES string of the molecule is CN(C(=O)[C@H](Cc1ccc(OCc2ccccc2)cc1)NC(=O)OCc1ccccc1)C(=O)[C@@H]1CCCN1CCCc1ccccc1. The number of hydrogen-bond donors (Lipinski definition) is 1. The van der Waals surface area contributed by atoms with Crippen LogP contribution in [0.25, 0.3) is 0 Å². The summed E-state index contributed by atoms with van der Waals surface area (Å²) >= 11 is 0. The molecule has 0 saturated carbocycles. The maximum atomic E-state index is 13.9. The predicted molar refractivity (Wildman–Crippen MR) is 182 cm³/mol. The Hall–Kier alpha value is -4.95. The van der Waals surface area contributed by atoms with Gasteiger partial charge in [-0.05, 0) is 73.2 Å². The third-order valence-corrected chi connectivity index (χ3v) is 8.48. The fraction of sp³-hybridized carbons (Fsp3) is 0.308. The summed E-state index contributed by atoms with van der Waals surface area (Å²) < 4.78 is 11.4. The molecule has 4 aromatic rings. The zero-order valence-corrected chi connectivity index (χ0v) is 26.9. The lowest BCUT2D eigenvalue weighted by molar-refractivity contribution is -0.147. The Morgan fingerprint density at radius 2 is 1.38 bits per heavy atom. The number of carbonyl (C=O) groups excluding carboxylic acids is 3. The monoisotopic (exact) mass is 633 g/mol. The number of likely N-dealkylation sites (N-methyl/N-ethyl adjacent to an activating group) is 1. The van der Waals surface area contributed by atoms with Crippen molar-refractivity contribution in [1.82, 2.24) is 15.1 Å². The molecule has 0 bridgehead atoms. The number of hydrogen-bond acceptors (Lipinski definition) is 6. The second-order valence-corrected chi connectivity index (χ2v) is 11.9. The molecule has 3 amide bonds. The van der Waals surface area contributed by atoms with Crippen molar-refractivity contribution in [2.45, 2.75) is 57.4 Å². The zero-order valence-electron chi connectivity index (χ0n) is 26.9. The first-order valence-corrected chi connectivity index (χ1v) is 16.3. The first kappa shape index (κ1) is 33.4. The highest BCUT2D eigenvalue weighted by Crippen LogP contribution is 2.21. The summed E-state index contributed by atoms with van der Waals surface area (Å²) in [6, 6.07) is 35.6. The van der Waals surface area contributed by atoms with Crippen molar-refractivity contribution in [3.05, 3.63) is 138 Å². The molecule has 0 aromatic heterocycles. The Kier molecular flexibility index (Phi) is 12.2. The van der Waals surface area contributed by atoms with Crippen LogP contribution >= 0.6 is 0 Å². The minimum Gasteiger partial charge on any atom is -0.489 e. The van der Waals surface area contributed by atoms with Crippen molar-refractivity contribution in [2.75, 3.05) is 20.1 Å². The van der Waals surface area contributed by atoms with Crippen LogP contribution < -0.4 is 10.1 Å². The van der Waals surface area contributed by atoms with Crippen LogP contribution in [0.15, 0.2) is 115 Å². The molecule has 0 aliphatic carbocycles. The van der Waals surface area contributed by atoms with Gasteiger partial charge in [0.1, 0.15) is 25.0 Å². The van der Waals surface area contributed by atoms with Crippen LogP contribution in [-0.2, 0) is 40.4 Å². The number of benzene rings is 4. The first-order valence-electron chi connectivity index (χ1n) is 16.3. The summed E-state index contributed by atoms with van der Waals surface area (Å²) in [4.78, 5) is 43.9. The molecule has 0 unspecified atom stereocenters. The summed E-state index contributed by atoms with van der Waals surface area (Å²) in [5.74, 6) is -0.0369. The van der Waals surface area contributed by atoms with E-state index in [0.29, 0.717) is 18.8 Å². The highest BCUT2D eigenvalue weighted by molar-refractivity contribution is 6.00. The summed E-state index contributed by atoms with van der Waals surface area (Å²) in [6.45, 7) is 2.10. The molecule has 1 saturated heterocycles. The third kappa shape index (κ3) is 10.0. The van der Waals surface area contributed by atoms with Crippen LogP contribution in [0.5, 0.6) is 5.75 Å². The molecule has 1 heterocycles. The van der Waals surface area contributed by atoms with Crippen LogP contribution in [0, 0.1) is 0 Å². The van der Waals surface area contributed by atoms with Crippen molar-refractivity contribution in [1.29, 1.82) is 0 Å². The highest BCUT2D eigenvalue weighted by atomic mass is 16.5. The Labute approximate surface area is 277 Å². The van der Waals surface area contributed by atoms with Crippen molar-refractivity contribution in [3.8, 4) is 5.75 Å². The smallest absolute Gasteiger partial charge is 0.408 e. The van der Waals surface area contributed by atoms with Gasteiger partial charge in [-0.3, -0.25) is 19.4 Å². The molecule has 0 spiro atoms. The van der Waals surface area contributed by atoms with Gasteiger partial charge in [0.05, 0.1) is 6.04 Å². The van der Waals surface area contributed by atoms with Crippen LogP contribution in [-0.4, -0.2) is 59.9 Å². The highest BCUT2D eigenvalue weighted by Gasteiger charge is 2.36. The van der Waals surface area contributed by atoms with Gasteiger partial charge in [-0.15, -0.1) is 0 Å². The minimum atomic E-state index is -1.00. The number of carbonyl (C=O) groups is 3. The normalized spacial score (nSPS) is 15.0. The van der Waals surface area contributed by atoms with Gasteiger partial charge in [-0.1, -0.05) is 103 Å². The fourth-order valence-corrected chi connectivity index (χ4v) is 5.88. The minimum absolute atomic E-state index is 0.0653. The van der Waals surface area contributed by atoms with Crippen LogP contribution in [0.3, 0.4) is 0 Å². The van der Waals surface area contributed by atoms with E-state index in [1.807, 2.05) is 103 Å². The van der Waals surface area contributed by atoms with E-state index < -0.39 is 18.0 Å². The maximum absolute atomic E-state index is 13.9. The Bertz CT molecular complexity index is 1570. The number of aryl methyl sites for hydroxylation is 1. The number of ether oxygens (including phenoxy) is 2. The van der Waals surface area contributed by atoms with E-state index in [1.54, 1.807) is 0 Å². The topological polar surface area (TPSA) is 88.2 Å². The predicted octanol–water partition coefficient (Wildman–Crippen LogP) is 6.19. The summed E-state index contributed by atoms with van der Waals surface area (Å²) in [7, 11) is 1.51. The molecule has 1 fully saturated rings. The van der Waals surface area contributed by atoms with Gasteiger partial charge in [0.15, 0.2) is 0 Å². The summed E-state index contributed by atoms with van der Waals surface area (Å²) in [5.41, 5.74) is 3.97. The fourth-order valence-electron chi connectivity index (χ4n) is 5.88. The molecular weight excluding hydrogens is 590 g/mol. The van der Waals surface area contributed by atoms with E-state index in [1.165, 1.54) is 17.5 Å². The van der Waals surface area contributed by atoms with Gasteiger partial charge in [0.2, 0.25) is 5.91 Å². The Morgan fingerprint density at radius 1 is 0.787 bits per heavy atom. The number of amides is 3.